The number of anilines is 1. The minimum atomic E-state index is -0.356. The second kappa shape index (κ2) is 10.6. The lowest BCUT2D eigenvalue weighted by atomic mass is 10.2. The van der Waals surface area contributed by atoms with Crippen LogP contribution in [0.1, 0.15) is 12.8 Å². The first kappa shape index (κ1) is 19.9. The van der Waals surface area contributed by atoms with Crippen molar-refractivity contribution >= 4 is 36.5 Å². The lowest BCUT2D eigenvalue weighted by Gasteiger charge is -2.13. The van der Waals surface area contributed by atoms with Gasteiger partial charge in [0.05, 0.1) is 12.3 Å². The van der Waals surface area contributed by atoms with Crippen LogP contribution in [0.2, 0.25) is 0 Å². The van der Waals surface area contributed by atoms with Gasteiger partial charge in [-0.15, -0.1) is 24.8 Å². The Labute approximate surface area is 136 Å². The molecular formula is C12H21Cl2N5O2. The van der Waals surface area contributed by atoms with Crippen LogP contribution in [0.4, 0.5) is 5.82 Å². The minimum absolute atomic E-state index is 0. The molecule has 1 amide bonds. The van der Waals surface area contributed by atoms with E-state index in [1.54, 1.807) is 18.6 Å². The Balaban J connectivity index is 0.00000200. The second-order valence-corrected chi connectivity index (χ2v) is 4.37. The molecule has 2 atom stereocenters. The SMILES string of the molecule is Cl.Cl.NC[C@H]1CC[C@@H](C(=O)NCCNc2cnccn2)O1. The maximum Gasteiger partial charge on any atom is 0.249 e. The summed E-state index contributed by atoms with van der Waals surface area (Å²) in [6.07, 6.45) is 6.11. The van der Waals surface area contributed by atoms with E-state index in [1.165, 1.54) is 0 Å². The molecule has 1 aromatic heterocycles. The number of nitrogens with zero attached hydrogens (tertiary/aromatic N) is 2. The minimum Gasteiger partial charge on any atom is -0.367 e. The van der Waals surface area contributed by atoms with Crippen LogP contribution in [-0.2, 0) is 9.53 Å². The summed E-state index contributed by atoms with van der Waals surface area (Å²) < 4.78 is 5.51. The molecule has 2 rings (SSSR count). The summed E-state index contributed by atoms with van der Waals surface area (Å²) in [6.45, 7) is 1.58. The molecule has 1 aromatic rings. The highest BCUT2D eigenvalue weighted by Crippen LogP contribution is 2.18. The van der Waals surface area contributed by atoms with E-state index in [1.807, 2.05) is 0 Å². The Morgan fingerprint density at radius 3 is 2.76 bits per heavy atom. The van der Waals surface area contributed by atoms with Crippen molar-refractivity contribution in [2.24, 2.45) is 5.73 Å². The van der Waals surface area contributed by atoms with Gasteiger partial charge in [-0.05, 0) is 12.8 Å². The fourth-order valence-corrected chi connectivity index (χ4v) is 1.95. The lowest BCUT2D eigenvalue weighted by Crippen LogP contribution is -2.37. The Morgan fingerprint density at radius 2 is 2.14 bits per heavy atom. The highest BCUT2D eigenvalue weighted by atomic mass is 35.5. The van der Waals surface area contributed by atoms with Crippen LogP contribution in [0.5, 0.6) is 0 Å². The summed E-state index contributed by atoms with van der Waals surface area (Å²) in [5.41, 5.74) is 5.50. The third kappa shape index (κ3) is 6.43. The highest BCUT2D eigenvalue weighted by molar-refractivity contribution is 5.85. The van der Waals surface area contributed by atoms with Gasteiger partial charge in [0, 0.05) is 32.0 Å². The average Bonchev–Trinajstić information content (AvgIpc) is 2.93. The third-order valence-electron chi connectivity index (χ3n) is 2.96. The van der Waals surface area contributed by atoms with E-state index in [2.05, 4.69) is 20.6 Å². The molecule has 4 N–H and O–H groups in total. The van der Waals surface area contributed by atoms with Gasteiger partial charge in [-0.1, -0.05) is 0 Å². The number of nitrogens with two attached hydrogens (primary N) is 1. The summed E-state index contributed by atoms with van der Waals surface area (Å²) in [7, 11) is 0. The molecule has 0 spiro atoms. The van der Waals surface area contributed by atoms with Gasteiger partial charge >= 0.3 is 0 Å². The molecule has 7 nitrogen and oxygen atoms in total. The van der Waals surface area contributed by atoms with Gasteiger partial charge in [-0.3, -0.25) is 9.78 Å². The number of carbonyl (C=O) groups is 1. The quantitative estimate of drug-likeness (QED) is 0.647. The number of carbonyl (C=O) groups excluding carboxylic acids is 1. The first-order valence-electron chi connectivity index (χ1n) is 6.42. The van der Waals surface area contributed by atoms with E-state index in [9.17, 15) is 4.79 Å². The summed E-state index contributed by atoms with van der Waals surface area (Å²) >= 11 is 0. The number of ether oxygens (including phenoxy) is 1. The van der Waals surface area contributed by atoms with E-state index in [0.29, 0.717) is 25.5 Å². The van der Waals surface area contributed by atoms with Crippen molar-refractivity contribution < 1.29 is 9.53 Å². The van der Waals surface area contributed by atoms with E-state index < -0.39 is 0 Å². The fraction of sp³-hybridized carbons (Fsp3) is 0.583. The molecule has 0 radical (unpaired) electrons. The first-order valence-corrected chi connectivity index (χ1v) is 6.42. The van der Waals surface area contributed by atoms with Crippen molar-refractivity contribution in [3.63, 3.8) is 0 Å². The highest BCUT2D eigenvalue weighted by Gasteiger charge is 2.29. The Kier molecular flexibility index (Phi) is 9.98. The number of rotatable bonds is 6. The topological polar surface area (TPSA) is 102 Å². The molecule has 21 heavy (non-hydrogen) atoms. The van der Waals surface area contributed by atoms with Crippen molar-refractivity contribution in [3.05, 3.63) is 18.6 Å². The summed E-state index contributed by atoms with van der Waals surface area (Å²) in [6, 6.07) is 0. The summed E-state index contributed by atoms with van der Waals surface area (Å²) in [4.78, 5) is 19.8. The number of halogens is 2. The van der Waals surface area contributed by atoms with Gasteiger partial charge in [0.2, 0.25) is 5.91 Å². The molecule has 2 heterocycles. The zero-order valence-corrected chi connectivity index (χ0v) is 13.2. The lowest BCUT2D eigenvalue weighted by molar-refractivity contribution is -0.131. The maximum absolute atomic E-state index is 11.8. The van der Waals surface area contributed by atoms with Crippen LogP contribution in [0.15, 0.2) is 18.6 Å². The van der Waals surface area contributed by atoms with Crippen LogP contribution in [0.3, 0.4) is 0 Å². The van der Waals surface area contributed by atoms with Crippen molar-refractivity contribution in [3.8, 4) is 0 Å². The molecule has 1 aliphatic heterocycles. The number of hydrogen-bond donors (Lipinski definition) is 3. The molecular weight excluding hydrogens is 317 g/mol. The molecule has 1 fully saturated rings. The summed E-state index contributed by atoms with van der Waals surface area (Å²) in [5, 5.41) is 5.89. The van der Waals surface area contributed by atoms with E-state index in [4.69, 9.17) is 10.5 Å². The van der Waals surface area contributed by atoms with Gasteiger partial charge in [0.25, 0.3) is 0 Å². The standard InChI is InChI=1S/C12H19N5O2.2ClH/c13-7-9-1-2-10(19-9)12(18)17-6-5-16-11-8-14-3-4-15-11;;/h3-4,8-10H,1-2,5-7,13H2,(H,15,16)(H,17,18);2*1H/t9-,10+;;/m1../s1. The summed E-state index contributed by atoms with van der Waals surface area (Å²) in [5.74, 6) is 0.619. The third-order valence-corrected chi connectivity index (χ3v) is 2.96. The fourth-order valence-electron chi connectivity index (χ4n) is 1.95. The molecule has 0 aromatic carbocycles. The van der Waals surface area contributed by atoms with Gasteiger partial charge in [-0.25, -0.2) is 4.98 Å². The van der Waals surface area contributed by atoms with Crippen molar-refractivity contribution in [2.75, 3.05) is 25.0 Å². The van der Waals surface area contributed by atoms with Crippen LogP contribution in [-0.4, -0.2) is 47.7 Å². The van der Waals surface area contributed by atoms with Gasteiger partial charge < -0.3 is 21.1 Å². The monoisotopic (exact) mass is 337 g/mol. The van der Waals surface area contributed by atoms with Crippen LogP contribution in [0.25, 0.3) is 0 Å². The molecule has 0 saturated carbocycles. The molecule has 0 bridgehead atoms. The van der Waals surface area contributed by atoms with E-state index in [-0.39, 0.29) is 42.9 Å². The first-order chi connectivity index (χ1) is 9.29. The zero-order valence-electron chi connectivity index (χ0n) is 11.5. The van der Waals surface area contributed by atoms with Crippen LogP contribution < -0.4 is 16.4 Å². The predicted octanol–water partition coefficient (Wildman–Crippen LogP) is 0.355. The smallest absolute Gasteiger partial charge is 0.249 e. The molecule has 0 unspecified atom stereocenters. The Bertz CT molecular complexity index is 410. The van der Waals surface area contributed by atoms with Crippen LogP contribution >= 0.6 is 24.8 Å². The van der Waals surface area contributed by atoms with Gasteiger partial charge in [0.1, 0.15) is 11.9 Å². The van der Waals surface area contributed by atoms with Crippen LogP contribution in [0, 0.1) is 0 Å². The molecule has 0 aliphatic carbocycles. The molecule has 1 saturated heterocycles. The molecule has 120 valence electrons. The molecule has 9 heteroatoms. The predicted molar refractivity (Wildman–Crippen MR) is 85.0 cm³/mol. The Hall–Kier alpha value is -1.15. The van der Waals surface area contributed by atoms with Crippen molar-refractivity contribution in [1.29, 1.82) is 0 Å². The average molecular weight is 338 g/mol. The van der Waals surface area contributed by atoms with Gasteiger partial charge in [0.15, 0.2) is 0 Å². The maximum atomic E-state index is 11.8. The van der Waals surface area contributed by atoms with E-state index in [0.717, 1.165) is 12.8 Å². The largest absolute Gasteiger partial charge is 0.367 e. The normalized spacial score (nSPS) is 20.0. The van der Waals surface area contributed by atoms with Gasteiger partial charge in [-0.2, -0.15) is 0 Å². The number of aromatic nitrogens is 2. The van der Waals surface area contributed by atoms with Crippen molar-refractivity contribution in [1.82, 2.24) is 15.3 Å². The number of nitrogens with one attached hydrogen (secondary N) is 2. The molecule has 1 aliphatic rings. The number of amides is 1. The zero-order chi connectivity index (χ0) is 13.5. The number of hydrogen-bond acceptors (Lipinski definition) is 6. The second-order valence-electron chi connectivity index (χ2n) is 4.37. The Morgan fingerprint density at radius 1 is 1.33 bits per heavy atom. The van der Waals surface area contributed by atoms with E-state index >= 15 is 0 Å². The van der Waals surface area contributed by atoms with Crippen molar-refractivity contribution in [2.45, 2.75) is 25.0 Å².